The van der Waals surface area contributed by atoms with Crippen LogP contribution in [0.4, 0.5) is 29.9 Å². The van der Waals surface area contributed by atoms with E-state index in [0.717, 1.165) is 12.1 Å². The highest BCUT2D eigenvalue weighted by Crippen LogP contribution is 3.02. The quantitative estimate of drug-likeness (QED) is 0.642. The first-order valence-electron chi connectivity index (χ1n) is 6.02. The molecule has 23 heavy (non-hydrogen) atoms. The molecule has 2 rings (SSSR count). The number of nitrogens with zero attached hydrogens (tertiary/aromatic N) is 2. The SMILES string of the molecule is CC1(C)NC(=O)N(c2ccc(C#N)c(S(F)(F)(F)(F)F)c2)C1=O. The fourth-order valence-corrected chi connectivity index (χ4v) is 2.92. The van der Waals surface area contributed by atoms with Crippen molar-refractivity contribution in [3.05, 3.63) is 23.8 Å². The number of hydrogen-bond donors (Lipinski definition) is 1. The van der Waals surface area contributed by atoms with Gasteiger partial charge >= 0.3 is 16.3 Å². The van der Waals surface area contributed by atoms with Gasteiger partial charge in [-0.25, -0.2) is 9.69 Å². The van der Waals surface area contributed by atoms with Crippen molar-refractivity contribution in [3.63, 3.8) is 0 Å². The Labute approximate surface area is 127 Å². The van der Waals surface area contributed by atoms with E-state index in [1.807, 2.05) is 0 Å². The molecule has 0 saturated carbocycles. The minimum absolute atomic E-state index is 0.0566. The third-order valence-electron chi connectivity index (χ3n) is 3.12. The highest BCUT2D eigenvalue weighted by Gasteiger charge is 2.67. The van der Waals surface area contributed by atoms with E-state index >= 15 is 0 Å². The number of imide groups is 1. The van der Waals surface area contributed by atoms with Crippen LogP contribution >= 0.6 is 10.2 Å². The minimum Gasteiger partial charge on any atom is -0.323 e. The maximum absolute atomic E-state index is 13.1. The maximum atomic E-state index is 13.1. The van der Waals surface area contributed by atoms with Crippen molar-refractivity contribution in [3.8, 4) is 6.07 Å². The Morgan fingerprint density at radius 3 is 2.13 bits per heavy atom. The van der Waals surface area contributed by atoms with E-state index in [0.29, 0.717) is 11.0 Å². The Morgan fingerprint density at radius 1 is 1.17 bits per heavy atom. The van der Waals surface area contributed by atoms with Crippen LogP contribution in [0.15, 0.2) is 23.1 Å². The summed E-state index contributed by atoms with van der Waals surface area (Å²) in [6, 6.07) is 1.25. The van der Waals surface area contributed by atoms with Crippen molar-refractivity contribution in [2.45, 2.75) is 24.3 Å². The summed E-state index contributed by atoms with van der Waals surface area (Å²) in [4.78, 5) is 21.7. The lowest BCUT2D eigenvalue weighted by atomic mass is 10.1. The number of carbonyl (C=O) groups excluding carboxylic acids is 2. The van der Waals surface area contributed by atoms with Crippen LogP contribution in [0, 0.1) is 11.3 Å². The molecule has 0 aliphatic carbocycles. The number of amides is 3. The molecule has 1 aromatic rings. The maximum Gasteiger partial charge on any atom is 0.329 e. The van der Waals surface area contributed by atoms with Crippen LogP contribution < -0.4 is 10.2 Å². The molecule has 11 heteroatoms. The van der Waals surface area contributed by atoms with E-state index in [-0.39, 0.29) is 6.07 Å². The van der Waals surface area contributed by atoms with Gasteiger partial charge in [-0.2, -0.15) is 5.26 Å². The van der Waals surface area contributed by atoms with Gasteiger partial charge in [0.1, 0.15) is 16.5 Å². The molecule has 0 atom stereocenters. The van der Waals surface area contributed by atoms with E-state index < -0.39 is 43.8 Å². The van der Waals surface area contributed by atoms with Crippen LogP contribution in [0.25, 0.3) is 0 Å². The van der Waals surface area contributed by atoms with Crippen LogP contribution in [0.1, 0.15) is 19.4 Å². The summed E-state index contributed by atoms with van der Waals surface area (Å²) in [6.45, 7) is 2.62. The predicted molar refractivity (Wildman–Crippen MR) is 72.7 cm³/mol. The Kier molecular flexibility index (Phi) is 2.91. The van der Waals surface area contributed by atoms with E-state index in [9.17, 15) is 29.0 Å². The molecule has 0 unspecified atom stereocenters. The van der Waals surface area contributed by atoms with Gasteiger partial charge < -0.3 is 5.32 Å². The van der Waals surface area contributed by atoms with Gasteiger partial charge in [0.25, 0.3) is 5.91 Å². The standard InChI is InChI=1S/C12H10F5N3O2S/c1-12(2)10(21)20(11(22)19-12)8-4-3-7(6-18)9(5-8)23(13,14,15,16)17/h3-5H,1-2H3,(H,19,22). The summed E-state index contributed by atoms with van der Waals surface area (Å²) in [7, 11) is -10.2. The number of benzene rings is 1. The van der Waals surface area contributed by atoms with Crippen molar-refractivity contribution in [1.82, 2.24) is 5.32 Å². The van der Waals surface area contributed by atoms with Gasteiger partial charge in [0.15, 0.2) is 0 Å². The average molecular weight is 355 g/mol. The lowest BCUT2D eigenvalue weighted by Crippen LogP contribution is -2.40. The average Bonchev–Trinajstić information content (AvgIpc) is 2.55. The normalized spacial score (nSPS) is 20.5. The Bertz CT molecular complexity index is 783. The molecule has 0 spiro atoms. The molecule has 0 bridgehead atoms. The van der Waals surface area contributed by atoms with Gasteiger partial charge in [-0.3, -0.25) is 4.79 Å². The smallest absolute Gasteiger partial charge is 0.323 e. The van der Waals surface area contributed by atoms with E-state index in [2.05, 4.69) is 5.32 Å². The first-order valence-corrected chi connectivity index (χ1v) is 7.97. The molecule has 1 heterocycles. The molecule has 0 radical (unpaired) electrons. The van der Waals surface area contributed by atoms with Gasteiger partial charge in [-0.05, 0) is 32.0 Å². The summed E-state index contributed by atoms with van der Waals surface area (Å²) in [6.07, 6.45) is 0. The second kappa shape index (κ2) is 3.94. The number of anilines is 1. The van der Waals surface area contributed by atoms with Gasteiger partial charge in [-0.1, -0.05) is 19.4 Å². The number of nitriles is 1. The number of nitrogens with one attached hydrogen (secondary N) is 1. The zero-order chi connectivity index (χ0) is 17.9. The summed E-state index contributed by atoms with van der Waals surface area (Å²) in [5.41, 5.74) is -3.38. The van der Waals surface area contributed by atoms with E-state index in [1.165, 1.54) is 13.8 Å². The van der Waals surface area contributed by atoms with Crippen molar-refractivity contribution < 1.29 is 29.0 Å². The van der Waals surface area contributed by atoms with Crippen LogP contribution in [0.5, 0.6) is 0 Å². The summed E-state index contributed by atoms with van der Waals surface area (Å²) < 4.78 is 65.3. The number of rotatable bonds is 2. The van der Waals surface area contributed by atoms with Gasteiger partial charge in [0, 0.05) is 0 Å². The minimum atomic E-state index is -10.2. The van der Waals surface area contributed by atoms with Crippen LogP contribution in [-0.4, -0.2) is 17.5 Å². The first-order chi connectivity index (χ1) is 10.1. The van der Waals surface area contributed by atoms with Crippen LogP contribution in [-0.2, 0) is 4.79 Å². The third-order valence-corrected chi connectivity index (χ3v) is 4.29. The fourth-order valence-electron chi connectivity index (χ4n) is 2.04. The van der Waals surface area contributed by atoms with Crippen molar-refractivity contribution in [2.75, 3.05) is 4.90 Å². The Hall–Kier alpha value is -2.35. The number of hydrogen-bond acceptors (Lipinski definition) is 3. The largest absolute Gasteiger partial charge is 0.329 e. The lowest BCUT2D eigenvalue weighted by molar-refractivity contribution is -0.121. The zero-order valence-electron chi connectivity index (χ0n) is 11.7. The first kappa shape index (κ1) is 17.0. The number of urea groups is 1. The second-order valence-corrected chi connectivity index (χ2v) is 7.83. The molecule has 1 saturated heterocycles. The predicted octanol–water partition coefficient (Wildman–Crippen LogP) is 4.05. The molecular weight excluding hydrogens is 345 g/mol. The van der Waals surface area contributed by atoms with Crippen molar-refractivity contribution >= 4 is 27.8 Å². The van der Waals surface area contributed by atoms with E-state index in [4.69, 9.17) is 5.26 Å². The number of halogens is 5. The Balaban J connectivity index is 2.69. The van der Waals surface area contributed by atoms with Crippen molar-refractivity contribution in [2.24, 2.45) is 0 Å². The fraction of sp³-hybridized carbons (Fsp3) is 0.250. The Morgan fingerprint density at radius 2 is 1.74 bits per heavy atom. The zero-order valence-corrected chi connectivity index (χ0v) is 12.6. The van der Waals surface area contributed by atoms with E-state index in [1.54, 1.807) is 0 Å². The molecule has 3 amide bonds. The molecule has 1 aliphatic rings. The molecule has 1 aromatic carbocycles. The van der Waals surface area contributed by atoms with Crippen LogP contribution in [0.3, 0.4) is 0 Å². The number of carbonyl (C=O) groups is 2. The van der Waals surface area contributed by atoms with Crippen molar-refractivity contribution in [1.29, 1.82) is 5.26 Å². The summed E-state index contributed by atoms with van der Waals surface area (Å²) >= 11 is 0. The lowest BCUT2D eigenvalue weighted by Gasteiger charge is -2.41. The highest BCUT2D eigenvalue weighted by atomic mass is 32.5. The molecule has 126 valence electrons. The van der Waals surface area contributed by atoms with Gasteiger partial charge in [0.05, 0.1) is 11.3 Å². The third kappa shape index (κ3) is 2.94. The highest BCUT2D eigenvalue weighted by molar-refractivity contribution is 8.45. The molecule has 0 aromatic heterocycles. The summed E-state index contributed by atoms with van der Waals surface area (Å²) in [5, 5.41) is 10.8. The summed E-state index contributed by atoms with van der Waals surface area (Å²) in [5.74, 6) is -0.902. The van der Waals surface area contributed by atoms with Gasteiger partial charge in [0.2, 0.25) is 0 Å². The topological polar surface area (TPSA) is 73.2 Å². The molecule has 1 fully saturated rings. The monoisotopic (exact) mass is 355 g/mol. The van der Waals surface area contributed by atoms with Crippen LogP contribution in [0.2, 0.25) is 0 Å². The molecule has 5 nitrogen and oxygen atoms in total. The molecule has 1 N–H and O–H groups in total. The van der Waals surface area contributed by atoms with Gasteiger partial charge in [-0.15, -0.1) is 0 Å². The molecular formula is C12H10F5N3O2S. The molecule has 1 aliphatic heterocycles. The second-order valence-electron chi connectivity index (χ2n) is 5.46.